The highest BCUT2D eigenvalue weighted by atomic mass is 16.3. The van der Waals surface area contributed by atoms with Crippen LogP contribution in [0.15, 0.2) is 117 Å². The highest BCUT2D eigenvalue weighted by Gasteiger charge is 2.36. The second-order valence-electron chi connectivity index (χ2n) is 8.43. The van der Waals surface area contributed by atoms with Crippen LogP contribution in [0.5, 0.6) is 5.88 Å². The van der Waals surface area contributed by atoms with Gasteiger partial charge in [-0.2, -0.15) is 0 Å². The standard InChI is InChI=1S/C29H23N7O6/c1-3-18(12-15-30-2)19(8-10-22-24(37)33-28(41)35(26(22)39)20-6-4-13-31-16-20)9-11-23-25(38)34-29(42)36(27(23)40)21-7-5-14-32-17-21/h3-17,37H,2H2,1H3,(H,33,41)(H,34,38,42)/b10-8?,15-12-,18-3+,19-9+,23-11+. The summed E-state index contributed by atoms with van der Waals surface area (Å²) in [4.78, 5) is 78.4. The maximum absolute atomic E-state index is 13.2. The van der Waals surface area contributed by atoms with Crippen molar-refractivity contribution >= 4 is 36.3 Å². The van der Waals surface area contributed by atoms with Crippen LogP contribution in [0.1, 0.15) is 12.5 Å². The number of aromatic amines is 1. The van der Waals surface area contributed by atoms with Crippen LogP contribution in [0, 0.1) is 0 Å². The van der Waals surface area contributed by atoms with Crippen LogP contribution in [0.2, 0.25) is 0 Å². The summed E-state index contributed by atoms with van der Waals surface area (Å²) in [7, 11) is 0. The third-order valence-electron chi connectivity index (χ3n) is 5.89. The van der Waals surface area contributed by atoms with Gasteiger partial charge in [0.2, 0.25) is 5.88 Å². The first-order valence-electron chi connectivity index (χ1n) is 12.2. The van der Waals surface area contributed by atoms with Gasteiger partial charge in [-0.1, -0.05) is 18.2 Å². The fourth-order valence-electron chi connectivity index (χ4n) is 3.89. The molecule has 42 heavy (non-hydrogen) atoms. The van der Waals surface area contributed by atoms with E-state index in [0.717, 1.165) is 9.47 Å². The number of aliphatic imine (C=N–C) groups is 1. The van der Waals surface area contributed by atoms with Crippen molar-refractivity contribution in [3.05, 3.63) is 129 Å². The van der Waals surface area contributed by atoms with E-state index in [4.69, 9.17) is 0 Å². The molecule has 13 heteroatoms. The number of rotatable bonds is 8. The Balaban J connectivity index is 1.81. The predicted molar refractivity (Wildman–Crippen MR) is 155 cm³/mol. The van der Waals surface area contributed by atoms with E-state index in [1.165, 1.54) is 73.5 Å². The number of nitrogens with zero attached hydrogens (tertiary/aromatic N) is 5. The summed E-state index contributed by atoms with van der Waals surface area (Å²) >= 11 is 0. The molecule has 13 nitrogen and oxygen atoms in total. The Morgan fingerprint density at radius 2 is 1.69 bits per heavy atom. The Hall–Kier alpha value is -6.24. The zero-order valence-electron chi connectivity index (χ0n) is 22.1. The van der Waals surface area contributed by atoms with Crippen LogP contribution < -0.4 is 21.5 Å². The van der Waals surface area contributed by atoms with Gasteiger partial charge in [0, 0.05) is 18.6 Å². The van der Waals surface area contributed by atoms with Crippen LogP contribution in [-0.2, 0) is 9.59 Å². The van der Waals surface area contributed by atoms with Crippen LogP contribution in [-0.4, -0.2) is 49.2 Å². The molecule has 1 fully saturated rings. The molecule has 0 aliphatic carbocycles. The molecule has 3 aromatic rings. The average Bonchev–Trinajstić information content (AvgIpc) is 2.97. The first kappa shape index (κ1) is 28.8. The van der Waals surface area contributed by atoms with Crippen molar-refractivity contribution in [3.8, 4) is 11.6 Å². The van der Waals surface area contributed by atoms with Gasteiger partial charge in [0.05, 0.1) is 23.8 Å². The van der Waals surface area contributed by atoms with Gasteiger partial charge in [-0.05, 0) is 67.3 Å². The van der Waals surface area contributed by atoms with Crippen LogP contribution in [0.4, 0.5) is 10.5 Å². The van der Waals surface area contributed by atoms with Crippen LogP contribution in [0.3, 0.4) is 0 Å². The summed E-state index contributed by atoms with van der Waals surface area (Å²) in [5, 5.41) is 12.5. The predicted octanol–water partition coefficient (Wildman–Crippen LogP) is 2.33. The van der Waals surface area contributed by atoms with Gasteiger partial charge in [-0.3, -0.25) is 39.6 Å². The lowest BCUT2D eigenvalue weighted by atomic mass is 10.0. The van der Waals surface area contributed by atoms with E-state index in [9.17, 15) is 29.1 Å². The van der Waals surface area contributed by atoms with Crippen molar-refractivity contribution < 1.29 is 19.5 Å². The van der Waals surface area contributed by atoms with E-state index >= 15 is 0 Å². The molecule has 3 N–H and O–H groups in total. The normalized spacial score (nSPS) is 15.6. The lowest BCUT2D eigenvalue weighted by molar-refractivity contribution is -0.122. The van der Waals surface area contributed by atoms with Crippen molar-refractivity contribution in [1.29, 1.82) is 0 Å². The maximum atomic E-state index is 13.2. The number of hydrogen-bond acceptors (Lipinski definition) is 9. The van der Waals surface area contributed by atoms with Gasteiger partial charge >= 0.3 is 11.7 Å². The van der Waals surface area contributed by atoms with Gasteiger partial charge in [0.25, 0.3) is 17.4 Å². The van der Waals surface area contributed by atoms with Gasteiger partial charge in [-0.15, -0.1) is 0 Å². The molecule has 4 heterocycles. The lowest BCUT2D eigenvalue weighted by Gasteiger charge is -2.25. The minimum Gasteiger partial charge on any atom is -0.494 e. The SMILES string of the molecule is C=N\C=C/C(=C\C)C(/C=Cc1c(O)[nH]c(=O)n(-c2cccnc2)c1=O)=C/C=C1\C(=O)NC(=O)N(c2cccnc2)C1=O. The number of amides is 4. The number of allylic oxidation sites excluding steroid dienone is 7. The van der Waals surface area contributed by atoms with Gasteiger partial charge in [0.1, 0.15) is 11.1 Å². The highest BCUT2D eigenvalue weighted by Crippen LogP contribution is 2.21. The number of nitrogens with one attached hydrogen (secondary N) is 2. The quantitative estimate of drug-likeness (QED) is 0.161. The number of aromatic nitrogens is 4. The summed E-state index contributed by atoms with van der Waals surface area (Å²) in [6, 6.07) is 5.14. The summed E-state index contributed by atoms with van der Waals surface area (Å²) in [5.74, 6) is -2.45. The fraction of sp³-hybridized carbons (Fsp3) is 0.0345. The van der Waals surface area contributed by atoms with E-state index in [1.807, 2.05) is 0 Å². The lowest BCUT2D eigenvalue weighted by Crippen LogP contribution is -2.54. The number of hydrogen-bond donors (Lipinski definition) is 3. The summed E-state index contributed by atoms with van der Waals surface area (Å²) in [6.45, 7) is 5.12. The summed E-state index contributed by atoms with van der Waals surface area (Å²) in [5.41, 5.74) is -1.07. The zero-order chi connectivity index (χ0) is 30.2. The van der Waals surface area contributed by atoms with E-state index in [0.29, 0.717) is 11.1 Å². The monoisotopic (exact) mass is 565 g/mol. The molecule has 0 saturated carbocycles. The molecular formula is C29H23N7O6. The number of anilines is 1. The average molecular weight is 566 g/mol. The second-order valence-corrected chi connectivity index (χ2v) is 8.43. The van der Waals surface area contributed by atoms with Crippen molar-refractivity contribution in [1.82, 2.24) is 24.8 Å². The molecule has 0 unspecified atom stereocenters. The van der Waals surface area contributed by atoms with Gasteiger partial charge in [-0.25, -0.2) is 19.1 Å². The molecule has 0 bridgehead atoms. The Morgan fingerprint density at radius 1 is 1.00 bits per heavy atom. The summed E-state index contributed by atoms with van der Waals surface area (Å²) in [6.07, 6.45) is 15.5. The molecule has 1 aliphatic rings. The minimum absolute atomic E-state index is 0.162. The summed E-state index contributed by atoms with van der Waals surface area (Å²) < 4.78 is 0.810. The first-order valence-corrected chi connectivity index (χ1v) is 12.2. The van der Waals surface area contributed by atoms with Crippen molar-refractivity contribution in [2.45, 2.75) is 6.92 Å². The van der Waals surface area contributed by atoms with E-state index in [-0.39, 0.29) is 22.5 Å². The van der Waals surface area contributed by atoms with Crippen LogP contribution in [0.25, 0.3) is 11.8 Å². The first-order chi connectivity index (χ1) is 20.3. The number of H-pyrrole nitrogens is 1. The number of carbonyl (C=O) groups excluding carboxylic acids is 3. The zero-order valence-corrected chi connectivity index (χ0v) is 22.1. The Labute approximate surface area is 237 Å². The van der Waals surface area contributed by atoms with E-state index in [2.05, 4.69) is 32.0 Å². The maximum Gasteiger partial charge on any atom is 0.336 e. The number of pyridine rings is 2. The number of imide groups is 2. The smallest absolute Gasteiger partial charge is 0.336 e. The Bertz CT molecular complexity index is 1830. The van der Waals surface area contributed by atoms with Crippen LogP contribution >= 0.6 is 0 Å². The molecule has 1 aliphatic heterocycles. The molecule has 0 aromatic carbocycles. The molecule has 3 aromatic heterocycles. The fourth-order valence-corrected chi connectivity index (χ4v) is 3.89. The molecule has 210 valence electrons. The molecule has 0 radical (unpaired) electrons. The van der Waals surface area contributed by atoms with Crippen molar-refractivity contribution in [2.75, 3.05) is 4.90 Å². The minimum atomic E-state index is -0.924. The molecule has 4 amide bonds. The third-order valence-corrected chi connectivity index (χ3v) is 5.89. The molecular weight excluding hydrogens is 542 g/mol. The molecule has 0 spiro atoms. The Kier molecular flexibility index (Phi) is 8.73. The van der Waals surface area contributed by atoms with E-state index < -0.39 is 35.0 Å². The molecule has 4 rings (SSSR count). The van der Waals surface area contributed by atoms with E-state index in [1.54, 1.807) is 25.1 Å². The van der Waals surface area contributed by atoms with Gasteiger partial charge in [0.15, 0.2) is 0 Å². The molecule has 0 atom stereocenters. The third kappa shape index (κ3) is 5.99. The van der Waals surface area contributed by atoms with Crippen molar-refractivity contribution in [3.63, 3.8) is 0 Å². The molecule has 1 saturated heterocycles. The Morgan fingerprint density at radius 3 is 2.31 bits per heavy atom. The topological polar surface area (TPSA) is 180 Å². The van der Waals surface area contributed by atoms with Crippen molar-refractivity contribution in [2.24, 2.45) is 4.99 Å². The number of aromatic hydroxyl groups is 1. The number of carbonyl (C=O) groups is 3. The number of barbiturate groups is 1. The second kappa shape index (κ2) is 12.7. The largest absolute Gasteiger partial charge is 0.494 e. The highest BCUT2D eigenvalue weighted by molar-refractivity contribution is 6.37. The van der Waals surface area contributed by atoms with Gasteiger partial charge < -0.3 is 5.11 Å². The number of urea groups is 1.